The highest BCUT2D eigenvalue weighted by atomic mass is 16.6. The van der Waals surface area contributed by atoms with E-state index in [1.165, 1.54) is 7.05 Å². The number of aromatic nitrogens is 1. The number of aliphatic hydroxyl groups excluding tert-OH is 1. The zero-order valence-electron chi connectivity index (χ0n) is 20.1. The fraction of sp³-hybridized carbons (Fsp3) is 0.423. The number of piperidine rings is 1. The van der Waals surface area contributed by atoms with Crippen molar-refractivity contribution in [1.82, 2.24) is 14.8 Å². The molecule has 37 heavy (non-hydrogen) atoms. The molecule has 6 rings (SSSR count). The third-order valence-electron chi connectivity index (χ3n) is 8.33. The van der Waals surface area contributed by atoms with Gasteiger partial charge in [0.25, 0.3) is 0 Å². The summed E-state index contributed by atoms with van der Waals surface area (Å²) >= 11 is 0. The summed E-state index contributed by atoms with van der Waals surface area (Å²) in [6.45, 7) is 0.486. The van der Waals surface area contributed by atoms with Crippen molar-refractivity contribution in [3.8, 4) is 17.2 Å². The number of hydrogen-bond donors (Lipinski definition) is 2. The number of hydrogen-bond acceptors (Lipinski definition) is 7. The van der Waals surface area contributed by atoms with E-state index in [0.717, 1.165) is 27.3 Å². The van der Waals surface area contributed by atoms with E-state index in [0.29, 0.717) is 25.2 Å². The van der Waals surface area contributed by atoms with Crippen LogP contribution in [0.15, 0.2) is 36.5 Å². The maximum Gasteiger partial charge on any atom is 0.415 e. The number of ether oxygens (including phenoxy) is 1. The molecule has 3 aliphatic heterocycles. The number of rotatable bonds is 5. The van der Waals surface area contributed by atoms with E-state index in [1.807, 2.05) is 30.3 Å². The number of benzene rings is 1. The molecule has 4 aliphatic rings. The lowest BCUT2D eigenvalue weighted by Gasteiger charge is -2.22. The topological polar surface area (TPSA) is 147 Å². The van der Waals surface area contributed by atoms with Crippen molar-refractivity contribution in [2.24, 2.45) is 11.8 Å². The highest BCUT2D eigenvalue weighted by molar-refractivity contribution is 5.94. The van der Waals surface area contributed by atoms with Gasteiger partial charge in [-0.1, -0.05) is 12.1 Å². The highest BCUT2D eigenvalue weighted by Crippen LogP contribution is 2.62. The number of cyclic esters (lactones) is 1. The lowest BCUT2D eigenvalue weighted by atomic mass is 9.95. The van der Waals surface area contributed by atoms with Crippen molar-refractivity contribution in [2.75, 3.05) is 38.2 Å². The van der Waals surface area contributed by atoms with E-state index in [4.69, 9.17) is 9.84 Å². The first-order valence-electron chi connectivity index (χ1n) is 12.1. The fourth-order valence-corrected chi connectivity index (χ4v) is 6.31. The summed E-state index contributed by atoms with van der Waals surface area (Å²) in [5.41, 5.74) is 3.53. The summed E-state index contributed by atoms with van der Waals surface area (Å²) in [7, 11) is 1.45. The number of carbonyl (C=O) groups excluding carboxylic acids is 2. The number of likely N-dealkylation sites (tertiary alicyclic amines) is 1. The van der Waals surface area contributed by atoms with Crippen LogP contribution >= 0.6 is 0 Å². The summed E-state index contributed by atoms with van der Waals surface area (Å²) in [4.78, 5) is 44.5. The number of nitriles is 1. The van der Waals surface area contributed by atoms with Gasteiger partial charge in [0.05, 0.1) is 30.0 Å². The smallest absolute Gasteiger partial charge is 0.415 e. The predicted molar refractivity (Wildman–Crippen MR) is 129 cm³/mol. The Morgan fingerprint density at radius 2 is 1.97 bits per heavy atom. The van der Waals surface area contributed by atoms with E-state index in [-0.39, 0.29) is 30.3 Å². The van der Waals surface area contributed by atoms with Gasteiger partial charge >= 0.3 is 12.2 Å². The largest absolute Gasteiger partial charge is 0.465 e. The quantitative estimate of drug-likeness (QED) is 0.623. The van der Waals surface area contributed by atoms with Crippen molar-refractivity contribution in [3.05, 3.63) is 47.8 Å². The molecule has 1 aliphatic carbocycles. The zero-order chi connectivity index (χ0) is 26.1. The standard InChI is InChI=1S/C26H25N5O6/c1-29(24(34)35)11-21-20-7-16-6-14(2-4-19(16)31(20)25(36)37-21)15-3-5-22(28-8-15)26(13-27)17-9-30(10-18(17)26)23(33)12-32/h2-6,8,17-18,20-21,32H,7,9-12H2,1H3,(H,34,35)/t17-,18+,20-,21-,26+/m0/s1. The summed E-state index contributed by atoms with van der Waals surface area (Å²) in [6, 6.07) is 11.8. The number of amides is 3. The minimum Gasteiger partial charge on any atom is -0.465 e. The molecular formula is C26H25N5O6. The van der Waals surface area contributed by atoms with Gasteiger partial charge < -0.3 is 24.7 Å². The van der Waals surface area contributed by atoms with Gasteiger partial charge in [0.2, 0.25) is 5.91 Å². The van der Waals surface area contributed by atoms with Crippen molar-refractivity contribution >= 4 is 23.8 Å². The Hall–Kier alpha value is -4.17. The van der Waals surface area contributed by atoms with Crippen LogP contribution in [-0.2, 0) is 21.4 Å². The van der Waals surface area contributed by atoms with Crippen LogP contribution in [0.3, 0.4) is 0 Å². The van der Waals surface area contributed by atoms with Crippen molar-refractivity contribution < 1.29 is 29.3 Å². The molecular weight excluding hydrogens is 478 g/mol. The average molecular weight is 504 g/mol. The Bertz CT molecular complexity index is 1340. The number of nitrogens with zero attached hydrogens (tertiary/aromatic N) is 5. The molecule has 11 nitrogen and oxygen atoms in total. The minimum absolute atomic E-state index is 0.0210. The summed E-state index contributed by atoms with van der Waals surface area (Å²) in [6.07, 6.45) is 0.210. The molecule has 190 valence electrons. The molecule has 1 aromatic heterocycles. The first-order valence-corrected chi connectivity index (χ1v) is 12.1. The SMILES string of the molecule is CN(C[C@@H]1OC(=O)N2c3ccc(-c4ccc([C@@]5(C#N)[C@@H]6CN(C(=O)CO)C[C@@H]65)nc4)cc3C[C@@H]12)C(=O)O. The minimum atomic E-state index is -1.08. The average Bonchev–Trinajstić information content (AvgIpc) is 3.27. The molecule has 2 N–H and O–H groups in total. The Balaban J connectivity index is 1.20. The van der Waals surface area contributed by atoms with Crippen LogP contribution in [0, 0.1) is 23.2 Å². The van der Waals surface area contributed by atoms with Crippen molar-refractivity contribution in [2.45, 2.75) is 24.0 Å². The third-order valence-corrected chi connectivity index (χ3v) is 8.33. The number of pyridine rings is 1. The number of aliphatic hydroxyl groups is 1. The number of carboxylic acid groups (broad SMARTS) is 1. The Morgan fingerprint density at radius 1 is 1.24 bits per heavy atom. The van der Waals surface area contributed by atoms with E-state index >= 15 is 0 Å². The predicted octanol–water partition coefficient (Wildman–Crippen LogP) is 1.45. The van der Waals surface area contributed by atoms with Gasteiger partial charge in [-0.25, -0.2) is 9.59 Å². The van der Waals surface area contributed by atoms with Gasteiger partial charge in [-0.15, -0.1) is 0 Å². The molecule has 3 fully saturated rings. The highest BCUT2D eigenvalue weighted by Gasteiger charge is 2.71. The monoisotopic (exact) mass is 503 g/mol. The first-order chi connectivity index (χ1) is 17.8. The Morgan fingerprint density at radius 3 is 2.59 bits per heavy atom. The second kappa shape index (κ2) is 8.18. The maximum absolute atomic E-state index is 12.5. The molecule has 0 bridgehead atoms. The van der Waals surface area contributed by atoms with Crippen LogP contribution in [-0.4, -0.2) is 88.5 Å². The lowest BCUT2D eigenvalue weighted by Crippen LogP contribution is -2.41. The molecule has 11 heteroatoms. The zero-order valence-corrected chi connectivity index (χ0v) is 20.1. The molecule has 3 amide bonds. The van der Waals surface area contributed by atoms with Crippen LogP contribution < -0.4 is 4.90 Å². The van der Waals surface area contributed by atoms with E-state index in [1.54, 1.807) is 16.0 Å². The van der Waals surface area contributed by atoms with Gasteiger partial charge in [0.1, 0.15) is 18.1 Å². The molecule has 2 aromatic rings. The van der Waals surface area contributed by atoms with Crippen LogP contribution in [0.25, 0.3) is 11.1 Å². The number of likely N-dealkylation sites (N-methyl/N-ethyl adjacent to an activating group) is 1. The maximum atomic E-state index is 12.5. The second-order valence-corrected chi connectivity index (χ2v) is 10.2. The van der Waals surface area contributed by atoms with E-state index < -0.39 is 30.3 Å². The number of fused-ring (bicyclic) bond motifs is 4. The molecule has 1 aromatic carbocycles. The summed E-state index contributed by atoms with van der Waals surface area (Å²) in [5.74, 6) is -0.270. The van der Waals surface area contributed by atoms with Gasteiger partial charge in [0.15, 0.2) is 0 Å². The van der Waals surface area contributed by atoms with Gasteiger partial charge in [-0.3, -0.25) is 14.7 Å². The van der Waals surface area contributed by atoms with Crippen molar-refractivity contribution in [1.29, 1.82) is 5.26 Å². The first kappa shape index (κ1) is 23.2. The van der Waals surface area contributed by atoms with Gasteiger partial charge in [-0.05, 0) is 35.7 Å². The summed E-state index contributed by atoms with van der Waals surface area (Å²) < 4.78 is 5.45. The van der Waals surface area contributed by atoms with Crippen molar-refractivity contribution in [3.63, 3.8) is 0 Å². The van der Waals surface area contributed by atoms with Crippen LogP contribution in [0.4, 0.5) is 15.3 Å². The normalized spacial score (nSPS) is 28.7. The Kier molecular flexibility index (Phi) is 5.14. The molecule has 0 spiro atoms. The van der Waals surface area contributed by atoms with Crippen LogP contribution in [0.1, 0.15) is 11.3 Å². The lowest BCUT2D eigenvalue weighted by molar-refractivity contribution is -0.133. The molecule has 0 unspecified atom stereocenters. The van der Waals surface area contributed by atoms with E-state index in [9.17, 15) is 24.8 Å². The molecule has 5 atom stereocenters. The van der Waals surface area contributed by atoms with Gasteiger partial charge in [-0.2, -0.15) is 5.26 Å². The van der Waals surface area contributed by atoms with E-state index in [2.05, 4.69) is 11.1 Å². The Labute approximate surface area is 212 Å². The third kappa shape index (κ3) is 3.36. The summed E-state index contributed by atoms with van der Waals surface area (Å²) in [5, 5.41) is 28.3. The number of anilines is 1. The second-order valence-electron chi connectivity index (χ2n) is 10.2. The molecule has 2 saturated heterocycles. The molecule has 0 radical (unpaired) electrons. The number of carbonyl (C=O) groups is 3. The van der Waals surface area contributed by atoms with Crippen LogP contribution in [0.5, 0.6) is 0 Å². The van der Waals surface area contributed by atoms with Crippen LogP contribution in [0.2, 0.25) is 0 Å². The fourth-order valence-electron chi connectivity index (χ4n) is 6.31. The van der Waals surface area contributed by atoms with Gasteiger partial charge in [0, 0.05) is 43.7 Å². The molecule has 1 saturated carbocycles. The molecule has 4 heterocycles.